The van der Waals surface area contributed by atoms with Gasteiger partial charge in [0.2, 0.25) is 15.9 Å². The molecule has 1 atom stereocenters. The molecule has 1 aromatic carbocycles. The van der Waals surface area contributed by atoms with Crippen LogP contribution in [-0.2, 0) is 21.4 Å². The van der Waals surface area contributed by atoms with Crippen molar-refractivity contribution in [2.24, 2.45) is 0 Å². The molecule has 9 nitrogen and oxygen atoms in total. The van der Waals surface area contributed by atoms with Gasteiger partial charge in [0.25, 0.3) is 5.56 Å². The van der Waals surface area contributed by atoms with E-state index in [2.05, 4.69) is 5.32 Å². The molecule has 0 spiro atoms. The first-order valence-corrected chi connectivity index (χ1v) is 10.2. The molecule has 1 heterocycles. The summed E-state index contributed by atoms with van der Waals surface area (Å²) in [6.07, 6.45) is 1.16. The molecular weight excluding hydrogens is 398 g/mol. The van der Waals surface area contributed by atoms with E-state index in [1.165, 1.54) is 34.4 Å². The number of ether oxygens (including phenoxy) is 2. The molecule has 1 aromatic heterocycles. The van der Waals surface area contributed by atoms with Gasteiger partial charge < -0.3 is 19.4 Å². The Morgan fingerprint density at radius 1 is 1.17 bits per heavy atom. The van der Waals surface area contributed by atoms with Gasteiger partial charge in [-0.25, -0.2) is 12.7 Å². The predicted molar refractivity (Wildman–Crippen MR) is 108 cm³/mol. The van der Waals surface area contributed by atoms with Crippen LogP contribution in [0.4, 0.5) is 0 Å². The number of carbonyl (C=O) groups is 1. The standard InChI is InChI=1S/C19H25N3O6S/c1-13(16-10-14(27-4)6-8-17(16)28-5)20-18(23)12-22-11-15(7-9-19(22)24)29(25,26)21(2)3/h6-11,13H,12H2,1-5H3,(H,20,23)/t13-/m0/s1. The highest BCUT2D eigenvalue weighted by Crippen LogP contribution is 2.29. The zero-order valence-electron chi connectivity index (χ0n) is 17.0. The SMILES string of the molecule is COc1ccc(OC)c([C@H](C)NC(=O)Cn2cc(S(=O)(=O)N(C)C)ccc2=O)c1. The highest BCUT2D eigenvalue weighted by Gasteiger charge is 2.20. The minimum Gasteiger partial charge on any atom is -0.497 e. The Hall–Kier alpha value is -2.85. The number of aromatic nitrogens is 1. The van der Waals surface area contributed by atoms with Crippen LogP contribution in [0.3, 0.4) is 0 Å². The van der Waals surface area contributed by atoms with Crippen molar-refractivity contribution in [2.45, 2.75) is 24.4 Å². The summed E-state index contributed by atoms with van der Waals surface area (Å²) < 4.78 is 37.1. The van der Waals surface area contributed by atoms with Crippen molar-refractivity contribution < 1.29 is 22.7 Å². The average molecular weight is 423 g/mol. The van der Waals surface area contributed by atoms with Crippen LogP contribution in [0.1, 0.15) is 18.5 Å². The maximum absolute atomic E-state index is 12.5. The third kappa shape index (κ3) is 5.15. The number of hydrogen-bond donors (Lipinski definition) is 1. The lowest BCUT2D eigenvalue weighted by molar-refractivity contribution is -0.122. The third-order valence-electron chi connectivity index (χ3n) is 4.33. The van der Waals surface area contributed by atoms with E-state index in [1.54, 1.807) is 25.1 Å². The van der Waals surface area contributed by atoms with Gasteiger partial charge in [0.15, 0.2) is 0 Å². The molecule has 158 valence electrons. The molecular formula is C19H25N3O6S. The normalized spacial score (nSPS) is 12.5. The molecule has 0 aliphatic heterocycles. The first kappa shape index (κ1) is 22.4. The molecule has 2 rings (SSSR count). The number of benzene rings is 1. The minimum absolute atomic E-state index is 0.0718. The van der Waals surface area contributed by atoms with Crippen molar-refractivity contribution >= 4 is 15.9 Å². The third-order valence-corrected chi connectivity index (χ3v) is 6.13. The van der Waals surface area contributed by atoms with Crippen molar-refractivity contribution in [3.8, 4) is 11.5 Å². The maximum atomic E-state index is 12.5. The fourth-order valence-electron chi connectivity index (χ4n) is 2.69. The number of nitrogens with zero attached hydrogens (tertiary/aromatic N) is 2. The number of sulfonamides is 1. The van der Waals surface area contributed by atoms with Crippen molar-refractivity contribution in [3.63, 3.8) is 0 Å². The predicted octanol–water partition coefficient (Wildman–Crippen LogP) is 0.993. The summed E-state index contributed by atoms with van der Waals surface area (Å²) in [5.41, 5.74) is 0.223. The summed E-state index contributed by atoms with van der Waals surface area (Å²) in [5, 5.41) is 2.78. The smallest absolute Gasteiger partial charge is 0.251 e. The maximum Gasteiger partial charge on any atom is 0.251 e. The van der Waals surface area contributed by atoms with Gasteiger partial charge in [-0.05, 0) is 31.2 Å². The number of methoxy groups -OCH3 is 2. The molecule has 0 saturated carbocycles. The fraction of sp³-hybridized carbons (Fsp3) is 0.368. The Morgan fingerprint density at radius 3 is 2.45 bits per heavy atom. The lowest BCUT2D eigenvalue weighted by Crippen LogP contribution is -2.34. The first-order chi connectivity index (χ1) is 13.6. The van der Waals surface area contributed by atoms with Crippen molar-refractivity contribution in [1.29, 1.82) is 0 Å². The average Bonchev–Trinajstić information content (AvgIpc) is 2.68. The second-order valence-electron chi connectivity index (χ2n) is 6.52. The molecule has 0 bridgehead atoms. The Kier molecular flexibility index (Phi) is 7.04. The Bertz CT molecular complexity index is 1050. The van der Waals surface area contributed by atoms with Gasteiger partial charge in [0.05, 0.1) is 25.2 Å². The molecule has 0 aliphatic rings. The molecule has 0 radical (unpaired) electrons. The number of amides is 1. The fourth-order valence-corrected chi connectivity index (χ4v) is 3.62. The lowest BCUT2D eigenvalue weighted by atomic mass is 10.1. The van der Waals surface area contributed by atoms with Crippen molar-refractivity contribution in [2.75, 3.05) is 28.3 Å². The summed E-state index contributed by atoms with van der Waals surface area (Å²) in [5.74, 6) is 0.735. The minimum atomic E-state index is -3.72. The van der Waals surface area contributed by atoms with Crippen molar-refractivity contribution in [1.82, 2.24) is 14.2 Å². The number of rotatable bonds is 8. The summed E-state index contributed by atoms with van der Waals surface area (Å²) in [6.45, 7) is 1.44. The number of pyridine rings is 1. The van der Waals surface area contributed by atoms with Gasteiger partial charge in [-0.15, -0.1) is 0 Å². The van der Waals surface area contributed by atoms with Gasteiger partial charge >= 0.3 is 0 Å². The summed E-state index contributed by atoms with van der Waals surface area (Å²) >= 11 is 0. The van der Waals surface area contributed by atoms with Crippen LogP contribution in [0.2, 0.25) is 0 Å². The van der Waals surface area contributed by atoms with Crippen LogP contribution in [0.25, 0.3) is 0 Å². The van der Waals surface area contributed by atoms with Crippen molar-refractivity contribution in [3.05, 3.63) is 52.4 Å². The molecule has 0 fully saturated rings. The summed E-state index contributed by atoms with van der Waals surface area (Å²) in [7, 11) is 2.12. The van der Waals surface area contributed by atoms with Crippen LogP contribution < -0.4 is 20.3 Å². The molecule has 29 heavy (non-hydrogen) atoms. The van der Waals surface area contributed by atoms with Crippen LogP contribution in [0.15, 0.2) is 46.2 Å². The van der Waals surface area contributed by atoms with Gasteiger partial charge in [-0.1, -0.05) is 0 Å². The van der Waals surface area contributed by atoms with E-state index < -0.39 is 27.5 Å². The summed E-state index contributed by atoms with van der Waals surface area (Å²) in [4.78, 5) is 24.5. The largest absolute Gasteiger partial charge is 0.497 e. The monoisotopic (exact) mass is 423 g/mol. The van der Waals surface area contributed by atoms with E-state index in [0.717, 1.165) is 21.1 Å². The van der Waals surface area contributed by atoms with Gasteiger partial charge in [-0.3, -0.25) is 9.59 Å². The second-order valence-corrected chi connectivity index (χ2v) is 8.67. The zero-order valence-corrected chi connectivity index (χ0v) is 17.8. The Balaban J connectivity index is 2.23. The first-order valence-electron chi connectivity index (χ1n) is 8.74. The van der Waals surface area contributed by atoms with Crippen LogP contribution in [0, 0.1) is 0 Å². The van der Waals surface area contributed by atoms with E-state index >= 15 is 0 Å². The van der Waals surface area contributed by atoms with E-state index in [0.29, 0.717) is 17.1 Å². The highest BCUT2D eigenvalue weighted by molar-refractivity contribution is 7.89. The number of hydrogen-bond acceptors (Lipinski definition) is 6. The van der Waals surface area contributed by atoms with Crippen LogP contribution in [-0.4, -0.2) is 51.5 Å². The molecule has 0 aliphatic carbocycles. The Morgan fingerprint density at radius 2 is 1.86 bits per heavy atom. The molecule has 0 saturated heterocycles. The van der Waals surface area contributed by atoms with Gasteiger partial charge in [0, 0.05) is 31.9 Å². The van der Waals surface area contributed by atoms with E-state index in [9.17, 15) is 18.0 Å². The van der Waals surface area contributed by atoms with E-state index in [1.807, 2.05) is 0 Å². The molecule has 1 N–H and O–H groups in total. The molecule has 2 aromatic rings. The number of nitrogens with one attached hydrogen (secondary N) is 1. The molecule has 10 heteroatoms. The highest BCUT2D eigenvalue weighted by atomic mass is 32.2. The number of carbonyl (C=O) groups excluding carboxylic acids is 1. The van der Waals surface area contributed by atoms with Crippen LogP contribution >= 0.6 is 0 Å². The summed E-state index contributed by atoms with van der Waals surface area (Å²) in [6, 6.07) is 7.13. The zero-order chi connectivity index (χ0) is 21.8. The van der Waals surface area contributed by atoms with Gasteiger partial charge in [0.1, 0.15) is 18.0 Å². The molecule has 1 amide bonds. The van der Waals surface area contributed by atoms with Crippen LogP contribution in [0.5, 0.6) is 11.5 Å². The molecule has 0 unspecified atom stereocenters. The quantitative estimate of drug-likeness (QED) is 0.679. The second kappa shape index (κ2) is 9.10. The topological polar surface area (TPSA) is 107 Å². The van der Waals surface area contributed by atoms with E-state index in [-0.39, 0.29) is 11.4 Å². The lowest BCUT2D eigenvalue weighted by Gasteiger charge is -2.19. The van der Waals surface area contributed by atoms with E-state index in [4.69, 9.17) is 9.47 Å². The van der Waals surface area contributed by atoms with Gasteiger partial charge in [-0.2, -0.15) is 0 Å². The Labute approximate surface area is 169 Å².